The zero-order valence-electron chi connectivity index (χ0n) is 7.31. The van der Waals surface area contributed by atoms with Gasteiger partial charge in [0.2, 0.25) is 0 Å². The predicted molar refractivity (Wildman–Crippen MR) is 44.9 cm³/mol. The van der Waals surface area contributed by atoms with Crippen LogP contribution in [0.1, 0.15) is 24.8 Å². The molecule has 0 radical (unpaired) electrons. The van der Waals surface area contributed by atoms with E-state index < -0.39 is 11.6 Å². The second-order valence-electron chi connectivity index (χ2n) is 3.34. The second kappa shape index (κ2) is 2.98. The molecule has 1 atom stereocenters. The zero-order chi connectivity index (χ0) is 9.42. The molecule has 0 fully saturated rings. The number of hydrogen-bond acceptors (Lipinski definition) is 1. The van der Waals surface area contributed by atoms with Crippen molar-refractivity contribution < 1.29 is 13.5 Å². The quantitative estimate of drug-likeness (QED) is 0.602. The highest BCUT2D eigenvalue weighted by atomic mass is 19.1. The first-order chi connectivity index (χ1) is 6.18. The number of hydrogen-bond donors (Lipinski definition) is 0. The first-order valence-electron chi connectivity index (χ1n) is 4.30. The van der Waals surface area contributed by atoms with Gasteiger partial charge >= 0.3 is 0 Å². The SMILES string of the molecule is CC1CCOc2cc(F)cc(F)c21. The van der Waals surface area contributed by atoms with Crippen LogP contribution in [0.2, 0.25) is 0 Å². The van der Waals surface area contributed by atoms with Crippen molar-refractivity contribution in [1.82, 2.24) is 0 Å². The van der Waals surface area contributed by atoms with Gasteiger partial charge in [0.1, 0.15) is 17.4 Å². The van der Waals surface area contributed by atoms with Gasteiger partial charge in [-0.3, -0.25) is 0 Å². The van der Waals surface area contributed by atoms with Gasteiger partial charge in [-0.05, 0) is 12.3 Å². The molecule has 1 aliphatic rings. The highest BCUT2D eigenvalue weighted by Crippen LogP contribution is 2.35. The molecule has 0 spiro atoms. The van der Waals surface area contributed by atoms with Crippen molar-refractivity contribution in [2.24, 2.45) is 0 Å². The molecule has 0 bridgehead atoms. The molecule has 0 N–H and O–H groups in total. The van der Waals surface area contributed by atoms with Crippen molar-refractivity contribution in [2.45, 2.75) is 19.3 Å². The summed E-state index contributed by atoms with van der Waals surface area (Å²) in [5, 5.41) is 0. The molecule has 1 aromatic rings. The first-order valence-corrected chi connectivity index (χ1v) is 4.30. The van der Waals surface area contributed by atoms with Crippen LogP contribution in [0.5, 0.6) is 5.75 Å². The molecule has 0 amide bonds. The smallest absolute Gasteiger partial charge is 0.133 e. The van der Waals surface area contributed by atoms with Crippen LogP contribution in [0.25, 0.3) is 0 Å². The van der Waals surface area contributed by atoms with Crippen molar-refractivity contribution >= 4 is 0 Å². The Balaban J connectivity index is 2.56. The Morgan fingerprint density at radius 1 is 1.38 bits per heavy atom. The Hall–Kier alpha value is -1.12. The van der Waals surface area contributed by atoms with E-state index in [9.17, 15) is 8.78 Å². The van der Waals surface area contributed by atoms with Gasteiger partial charge in [0.05, 0.1) is 6.61 Å². The monoisotopic (exact) mass is 184 g/mol. The topological polar surface area (TPSA) is 9.23 Å². The molecule has 0 aromatic heterocycles. The van der Waals surface area contributed by atoms with Crippen molar-refractivity contribution in [3.63, 3.8) is 0 Å². The summed E-state index contributed by atoms with van der Waals surface area (Å²) in [6.07, 6.45) is 0.787. The van der Waals surface area contributed by atoms with E-state index in [2.05, 4.69) is 0 Å². The van der Waals surface area contributed by atoms with E-state index in [1.54, 1.807) is 0 Å². The number of halogens is 2. The molecular weight excluding hydrogens is 174 g/mol. The van der Waals surface area contributed by atoms with Crippen LogP contribution in [-0.2, 0) is 0 Å². The van der Waals surface area contributed by atoms with Gasteiger partial charge in [-0.1, -0.05) is 6.92 Å². The number of benzene rings is 1. The summed E-state index contributed by atoms with van der Waals surface area (Å²) in [4.78, 5) is 0. The molecule has 0 saturated heterocycles. The highest BCUT2D eigenvalue weighted by molar-refractivity contribution is 5.39. The van der Waals surface area contributed by atoms with E-state index in [1.165, 1.54) is 6.07 Å². The van der Waals surface area contributed by atoms with E-state index in [-0.39, 0.29) is 5.92 Å². The van der Waals surface area contributed by atoms with Gasteiger partial charge in [-0.25, -0.2) is 8.78 Å². The Kier molecular flexibility index (Phi) is 1.94. The molecule has 13 heavy (non-hydrogen) atoms. The minimum atomic E-state index is -0.578. The lowest BCUT2D eigenvalue weighted by Crippen LogP contribution is -2.14. The van der Waals surface area contributed by atoms with Gasteiger partial charge < -0.3 is 4.74 Å². The third-order valence-corrected chi connectivity index (χ3v) is 2.36. The van der Waals surface area contributed by atoms with Gasteiger partial charge in [-0.15, -0.1) is 0 Å². The fourth-order valence-electron chi connectivity index (χ4n) is 1.65. The summed E-state index contributed by atoms with van der Waals surface area (Å²) in [6.45, 7) is 2.46. The molecule has 2 rings (SSSR count). The molecule has 1 nitrogen and oxygen atoms in total. The maximum Gasteiger partial charge on any atom is 0.133 e. The molecule has 1 heterocycles. The van der Waals surface area contributed by atoms with E-state index in [4.69, 9.17) is 4.74 Å². The lowest BCUT2D eigenvalue weighted by Gasteiger charge is -2.23. The van der Waals surface area contributed by atoms with E-state index in [1.807, 2.05) is 6.92 Å². The Morgan fingerprint density at radius 3 is 2.92 bits per heavy atom. The largest absolute Gasteiger partial charge is 0.493 e. The molecule has 0 saturated carbocycles. The average Bonchev–Trinajstić information content (AvgIpc) is 2.02. The van der Waals surface area contributed by atoms with E-state index >= 15 is 0 Å². The van der Waals surface area contributed by atoms with Crippen LogP contribution < -0.4 is 4.74 Å². The lowest BCUT2D eigenvalue weighted by molar-refractivity contribution is 0.265. The van der Waals surface area contributed by atoms with Crippen LogP contribution in [0.15, 0.2) is 12.1 Å². The first kappa shape index (κ1) is 8.48. The summed E-state index contributed by atoms with van der Waals surface area (Å²) in [6, 6.07) is 2.15. The molecule has 1 aliphatic heterocycles. The third kappa shape index (κ3) is 1.39. The maximum absolute atomic E-state index is 13.3. The number of rotatable bonds is 0. The summed E-state index contributed by atoms with van der Waals surface area (Å²) >= 11 is 0. The normalized spacial score (nSPS) is 20.7. The Labute approximate surface area is 75.3 Å². The summed E-state index contributed by atoms with van der Waals surface area (Å²) in [7, 11) is 0. The maximum atomic E-state index is 13.3. The van der Waals surface area contributed by atoms with Crippen molar-refractivity contribution in [3.8, 4) is 5.75 Å². The highest BCUT2D eigenvalue weighted by Gasteiger charge is 2.22. The average molecular weight is 184 g/mol. The third-order valence-electron chi connectivity index (χ3n) is 2.36. The summed E-state index contributed by atoms with van der Waals surface area (Å²) < 4.78 is 31.2. The van der Waals surface area contributed by atoms with Crippen LogP contribution in [0.4, 0.5) is 8.78 Å². The van der Waals surface area contributed by atoms with Crippen LogP contribution in [0.3, 0.4) is 0 Å². The van der Waals surface area contributed by atoms with E-state index in [0.717, 1.165) is 12.5 Å². The van der Waals surface area contributed by atoms with Crippen LogP contribution >= 0.6 is 0 Å². The molecule has 3 heteroatoms. The lowest BCUT2D eigenvalue weighted by atomic mass is 9.94. The van der Waals surface area contributed by atoms with Gasteiger partial charge in [0.25, 0.3) is 0 Å². The molecule has 70 valence electrons. The number of fused-ring (bicyclic) bond motifs is 1. The van der Waals surface area contributed by atoms with Crippen LogP contribution in [-0.4, -0.2) is 6.61 Å². The predicted octanol–water partition coefficient (Wildman–Crippen LogP) is 2.85. The Morgan fingerprint density at radius 2 is 2.15 bits per heavy atom. The van der Waals surface area contributed by atoms with Crippen molar-refractivity contribution in [3.05, 3.63) is 29.3 Å². The van der Waals surface area contributed by atoms with E-state index in [0.29, 0.717) is 17.9 Å². The fraction of sp³-hybridized carbons (Fsp3) is 0.400. The fourth-order valence-corrected chi connectivity index (χ4v) is 1.65. The molecule has 0 aliphatic carbocycles. The Bertz CT molecular complexity index is 336. The van der Waals surface area contributed by atoms with Crippen LogP contribution in [0, 0.1) is 11.6 Å². The molecule has 1 aromatic carbocycles. The van der Waals surface area contributed by atoms with Gasteiger partial charge in [0.15, 0.2) is 0 Å². The minimum absolute atomic E-state index is 0.115. The van der Waals surface area contributed by atoms with Gasteiger partial charge in [-0.2, -0.15) is 0 Å². The van der Waals surface area contributed by atoms with Gasteiger partial charge in [0, 0.05) is 17.7 Å². The standard InChI is InChI=1S/C10H10F2O/c1-6-2-3-13-9-5-7(11)4-8(12)10(6)9/h4-6H,2-3H2,1H3. The zero-order valence-corrected chi connectivity index (χ0v) is 7.31. The van der Waals surface area contributed by atoms with Crippen molar-refractivity contribution in [2.75, 3.05) is 6.61 Å². The second-order valence-corrected chi connectivity index (χ2v) is 3.34. The number of ether oxygens (including phenoxy) is 1. The summed E-state index contributed by atoms with van der Waals surface area (Å²) in [5.41, 5.74) is 0.507. The van der Waals surface area contributed by atoms with Crippen molar-refractivity contribution in [1.29, 1.82) is 0 Å². The molecule has 1 unspecified atom stereocenters. The summed E-state index contributed by atoms with van der Waals surface area (Å²) in [5.74, 6) is -0.604. The molecular formula is C10H10F2O. The minimum Gasteiger partial charge on any atom is -0.493 e.